The Hall–Kier alpha value is -3.44. The quantitative estimate of drug-likeness (QED) is 0.418. The van der Waals surface area contributed by atoms with Crippen molar-refractivity contribution in [1.82, 2.24) is 9.55 Å². The molecular formula is C21H16F7N3O2. The Morgan fingerprint density at radius 1 is 1.03 bits per heavy atom. The van der Waals surface area contributed by atoms with E-state index in [1.165, 1.54) is 19.1 Å². The fourth-order valence-electron chi connectivity index (χ4n) is 3.33. The lowest BCUT2D eigenvalue weighted by Crippen LogP contribution is -2.38. The first-order valence-corrected chi connectivity index (χ1v) is 9.52. The van der Waals surface area contributed by atoms with Gasteiger partial charge in [-0.3, -0.25) is 14.2 Å². The number of fused-ring (bicyclic) bond motifs is 1. The van der Waals surface area contributed by atoms with E-state index in [1.807, 2.05) is 0 Å². The molecule has 1 atom stereocenters. The van der Waals surface area contributed by atoms with Gasteiger partial charge in [0.05, 0.1) is 11.0 Å². The molecule has 0 fully saturated rings. The second kappa shape index (κ2) is 8.49. The summed E-state index contributed by atoms with van der Waals surface area (Å²) in [4.78, 5) is 29.0. The van der Waals surface area contributed by atoms with Gasteiger partial charge in [-0.2, -0.15) is 13.2 Å². The van der Waals surface area contributed by atoms with Crippen LogP contribution in [-0.4, -0.2) is 15.5 Å². The van der Waals surface area contributed by atoms with Gasteiger partial charge in [-0.05, 0) is 43.5 Å². The number of carbonyl (C=O) groups excluding carboxylic acids is 1. The number of rotatable bonds is 4. The van der Waals surface area contributed by atoms with Gasteiger partial charge in [0.25, 0.3) is 5.56 Å². The predicted molar refractivity (Wildman–Crippen MR) is 105 cm³/mol. The van der Waals surface area contributed by atoms with Gasteiger partial charge in [0, 0.05) is 6.07 Å². The molecule has 1 N–H and O–H groups in total. The normalized spacial score (nSPS) is 12.8. The van der Waals surface area contributed by atoms with Gasteiger partial charge in [0.1, 0.15) is 11.7 Å². The summed E-state index contributed by atoms with van der Waals surface area (Å²) in [5, 5.41) is 1.66. The minimum atomic E-state index is -5.16. The molecule has 176 valence electrons. The Labute approximate surface area is 181 Å². The molecule has 0 saturated carbocycles. The molecule has 0 aliphatic carbocycles. The van der Waals surface area contributed by atoms with Crippen LogP contribution in [0.1, 0.15) is 36.2 Å². The van der Waals surface area contributed by atoms with E-state index >= 15 is 0 Å². The van der Waals surface area contributed by atoms with E-state index < -0.39 is 58.3 Å². The van der Waals surface area contributed by atoms with Crippen LogP contribution in [0.2, 0.25) is 0 Å². The number of benzene rings is 2. The van der Waals surface area contributed by atoms with Gasteiger partial charge in [0.2, 0.25) is 11.6 Å². The Kier molecular flexibility index (Phi) is 6.22. The summed E-state index contributed by atoms with van der Waals surface area (Å²) in [6.45, 7) is 4.55. The van der Waals surface area contributed by atoms with Crippen LogP contribution < -0.4 is 10.9 Å². The lowest BCUT2D eigenvalue weighted by Gasteiger charge is -2.22. The van der Waals surface area contributed by atoms with Gasteiger partial charge in [-0.1, -0.05) is 6.92 Å². The highest BCUT2D eigenvalue weighted by Crippen LogP contribution is 2.30. The highest BCUT2D eigenvalue weighted by molar-refractivity contribution is 5.95. The van der Waals surface area contributed by atoms with Crippen molar-refractivity contribution in [3.05, 3.63) is 68.6 Å². The van der Waals surface area contributed by atoms with Crippen LogP contribution in [0, 0.1) is 37.1 Å². The topological polar surface area (TPSA) is 64.0 Å². The number of hydrogen-bond acceptors (Lipinski definition) is 3. The standard InChI is InChI=1S/C21H16F7N3O2/c1-4-13(19(32)30-17-15(24)10(22)7-11(23)16(17)25)31-14-6-9(3)8(2)5-12(14)29-18(20(31)33)21(26,27)28/h5-7,13H,4H2,1-3H3,(H,30,32)/t13-/m0/s1. The second-order valence-electron chi connectivity index (χ2n) is 7.31. The SMILES string of the molecule is CC[C@@H](C(=O)Nc1c(F)c(F)cc(F)c1F)n1c(=O)c(C(F)(F)F)nc2cc(C)c(C)cc21. The Bertz CT molecular complexity index is 1310. The molecule has 0 radical (unpaired) electrons. The number of aromatic nitrogens is 2. The number of nitrogens with zero attached hydrogens (tertiary/aromatic N) is 2. The van der Waals surface area contributed by atoms with Crippen LogP contribution in [0.15, 0.2) is 23.0 Å². The number of nitrogens with one attached hydrogen (secondary N) is 1. The molecule has 12 heteroatoms. The summed E-state index contributed by atoms with van der Waals surface area (Å²) in [6, 6.07) is 0.843. The summed E-state index contributed by atoms with van der Waals surface area (Å²) < 4.78 is 96.0. The van der Waals surface area contributed by atoms with E-state index in [0.29, 0.717) is 15.7 Å². The number of halogens is 7. The van der Waals surface area contributed by atoms with Gasteiger partial charge >= 0.3 is 6.18 Å². The monoisotopic (exact) mass is 475 g/mol. The minimum absolute atomic E-state index is 0.0702. The Morgan fingerprint density at radius 3 is 2.09 bits per heavy atom. The predicted octanol–water partition coefficient (Wildman–Crippen LogP) is 5.18. The molecule has 2 aromatic carbocycles. The van der Waals surface area contributed by atoms with Crippen molar-refractivity contribution in [3.63, 3.8) is 0 Å². The third-order valence-electron chi connectivity index (χ3n) is 5.13. The van der Waals surface area contributed by atoms with Gasteiger partial charge < -0.3 is 5.32 Å². The van der Waals surface area contributed by atoms with Crippen molar-refractivity contribution in [3.8, 4) is 0 Å². The highest BCUT2D eigenvalue weighted by atomic mass is 19.4. The van der Waals surface area contributed by atoms with Crippen LogP contribution >= 0.6 is 0 Å². The van der Waals surface area contributed by atoms with E-state index in [2.05, 4.69) is 4.98 Å². The summed E-state index contributed by atoms with van der Waals surface area (Å²) >= 11 is 0. The largest absolute Gasteiger partial charge is 0.438 e. The van der Waals surface area contributed by atoms with Crippen molar-refractivity contribution in [2.24, 2.45) is 0 Å². The molecule has 0 aliphatic heterocycles. The third-order valence-corrected chi connectivity index (χ3v) is 5.13. The molecule has 0 aliphatic rings. The molecule has 0 unspecified atom stereocenters. The van der Waals surface area contributed by atoms with Crippen molar-refractivity contribution in [2.45, 2.75) is 39.4 Å². The van der Waals surface area contributed by atoms with Gasteiger partial charge in [-0.25, -0.2) is 22.5 Å². The number of aryl methyl sites for hydroxylation is 2. The molecule has 1 aromatic heterocycles. The van der Waals surface area contributed by atoms with Gasteiger partial charge in [-0.15, -0.1) is 0 Å². The Morgan fingerprint density at radius 2 is 1.58 bits per heavy atom. The second-order valence-corrected chi connectivity index (χ2v) is 7.31. The maximum Gasteiger partial charge on any atom is 0.438 e. The average molecular weight is 475 g/mol. The first-order chi connectivity index (χ1) is 15.3. The van der Waals surface area contributed by atoms with Crippen LogP contribution in [0.3, 0.4) is 0 Å². The molecule has 0 saturated heterocycles. The molecule has 1 amide bonds. The van der Waals surface area contributed by atoms with E-state index in [-0.39, 0.29) is 23.5 Å². The molecule has 0 spiro atoms. The highest BCUT2D eigenvalue weighted by Gasteiger charge is 2.39. The maximum atomic E-state index is 14.0. The number of carbonyl (C=O) groups is 1. The van der Waals surface area contributed by atoms with E-state index in [4.69, 9.17) is 0 Å². The van der Waals surface area contributed by atoms with Crippen molar-refractivity contribution in [1.29, 1.82) is 0 Å². The number of anilines is 1. The van der Waals surface area contributed by atoms with Crippen LogP contribution in [0.5, 0.6) is 0 Å². The smallest absolute Gasteiger partial charge is 0.319 e. The number of amides is 1. The number of hydrogen-bond donors (Lipinski definition) is 1. The molecule has 5 nitrogen and oxygen atoms in total. The van der Waals surface area contributed by atoms with E-state index in [0.717, 1.165) is 0 Å². The molecule has 3 rings (SSSR count). The van der Waals surface area contributed by atoms with Crippen molar-refractivity contribution < 1.29 is 35.5 Å². The van der Waals surface area contributed by atoms with Crippen LogP contribution in [0.25, 0.3) is 11.0 Å². The fourth-order valence-corrected chi connectivity index (χ4v) is 3.33. The maximum absolute atomic E-state index is 14.0. The zero-order valence-electron chi connectivity index (χ0n) is 17.4. The molecule has 3 aromatic rings. The molecule has 33 heavy (non-hydrogen) atoms. The van der Waals surface area contributed by atoms with E-state index in [9.17, 15) is 40.3 Å². The first kappa shape index (κ1) is 24.2. The van der Waals surface area contributed by atoms with Crippen LogP contribution in [-0.2, 0) is 11.0 Å². The zero-order valence-corrected chi connectivity index (χ0v) is 17.4. The summed E-state index contributed by atoms with van der Waals surface area (Å²) in [5.41, 5.74) is -4.17. The van der Waals surface area contributed by atoms with Crippen molar-refractivity contribution >= 4 is 22.6 Å². The lowest BCUT2D eigenvalue weighted by molar-refractivity contribution is -0.142. The first-order valence-electron chi connectivity index (χ1n) is 9.52. The third kappa shape index (κ3) is 4.29. The summed E-state index contributed by atoms with van der Waals surface area (Å²) in [6.07, 6.45) is -5.47. The summed E-state index contributed by atoms with van der Waals surface area (Å²) in [5.74, 6) is -8.78. The van der Waals surface area contributed by atoms with Crippen LogP contribution in [0.4, 0.5) is 36.4 Å². The van der Waals surface area contributed by atoms with E-state index in [1.54, 1.807) is 19.2 Å². The average Bonchev–Trinajstić information content (AvgIpc) is 2.72. The summed E-state index contributed by atoms with van der Waals surface area (Å²) in [7, 11) is 0. The lowest BCUT2D eigenvalue weighted by atomic mass is 10.1. The minimum Gasteiger partial charge on any atom is -0.319 e. The molecular weight excluding hydrogens is 459 g/mol. The molecule has 0 bridgehead atoms. The zero-order chi connectivity index (χ0) is 24.8. The fraction of sp³-hybridized carbons (Fsp3) is 0.286. The number of alkyl halides is 3. The Balaban J connectivity index is 2.25. The van der Waals surface area contributed by atoms with Gasteiger partial charge in [0.15, 0.2) is 23.3 Å². The molecule has 1 heterocycles. The van der Waals surface area contributed by atoms with Crippen molar-refractivity contribution in [2.75, 3.05) is 5.32 Å².